The number of carbonyl (C=O) groups excluding carboxylic acids is 2. The SMILES string of the molecule is CCNC(=O)[C@@H](C)N(Cc1ccc(Br)cc1)C(=O)CSCc1ccccc1Cl. The summed E-state index contributed by atoms with van der Waals surface area (Å²) in [5.74, 6) is 0.709. The van der Waals surface area contributed by atoms with Gasteiger partial charge in [-0.15, -0.1) is 11.8 Å². The van der Waals surface area contributed by atoms with E-state index < -0.39 is 6.04 Å². The Hall–Kier alpha value is -1.50. The third kappa shape index (κ3) is 6.83. The molecule has 0 saturated carbocycles. The summed E-state index contributed by atoms with van der Waals surface area (Å²) in [5, 5.41) is 3.50. The van der Waals surface area contributed by atoms with Gasteiger partial charge in [0.15, 0.2) is 0 Å². The van der Waals surface area contributed by atoms with Gasteiger partial charge in [0.05, 0.1) is 5.75 Å². The van der Waals surface area contributed by atoms with E-state index in [4.69, 9.17) is 11.6 Å². The smallest absolute Gasteiger partial charge is 0.242 e. The third-order valence-electron chi connectivity index (χ3n) is 4.23. The molecule has 0 saturated heterocycles. The van der Waals surface area contributed by atoms with Crippen molar-refractivity contribution in [3.63, 3.8) is 0 Å². The van der Waals surface area contributed by atoms with Crippen molar-refractivity contribution in [1.29, 1.82) is 0 Å². The molecule has 0 aromatic heterocycles. The molecule has 0 heterocycles. The molecule has 0 spiro atoms. The van der Waals surface area contributed by atoms with Crippen LogP contribution in [0.3, 0.4) is 0 Å². The lowest BCUT2D eigenvalue weighted by atomic mass is 10.1. The highest BCUT2D eigenvalue weighted by atomic mass is 79.9. The van der Waals surface area contributed by atoms with Crippen LogP contribution in [0, 0.1) is 0 Å². The quantitative estimate of drug-likeness (QED) is 0.552. The second-order valence-corrected chi connectivity index (χ2v) is 8.61. The Morgan fingerprint density at radius 2 is 1.86 bits per heavy atom. The summed E-state index contributed by atoms with van der Waals surface area (Å²) in [6, 6.07) is 14.8. The van der Waals surface area contributed by atoms with E-state index in [9.17, 15) is 9.59 Å². The maximum absolute atomic E-state index is 12.9. The van der Waals surface area contributed by atoms with Gasteiger partial charge in [0.1, 0.15) is 6.04 Å². The Bertz CT molecular complexity index is 801. The van der Waals surface area contributed by atoms with Crippen LogP contribution in [0.15, 0.2) is 53.0 Å². The summed E-state index contributed by atoms with van der Waals surface area (Å²) in [6.45, 7) is 4.55. The van der Waals surface area contributed by atoms with Gasteiger partial charge in [0, 0.05) is 28.3 Å². The van der Waals surface area contributed by atoms with Gasteiger partial charge in [0.2, 0.25) is 11.8 Å². The number of halogens is 2. The van der Waals surface area contributed by atoms with Crippen molar-refractivity contribution in [3.05, 3.63) is 69.2 Å². The Morgan fingerprint density at radius 1 is 1.18 bits per heavy atom. The number of hydrogen-bond donors (Lipinski definition) is 1. The minimum Gasteiger partial charge on any atom is -0.355 e. The molecule has 150 valence electrons. The first-order valence-corrected chi connectivity index (χ1v) is 11.4. The third-order valence-corrected chi connectivity index (χ3v) is 6.09. The molecule has 0 radical (unpaired) electrons. The van der Waals surface area contributed by atoms with E-state index in [0.29, 0.717) is 23.9 Å². The first kappa shape index (κ1) is 22.8. The van der Waals surface area contributed by atoms with Crippen LogP contribution < -0.4 is 5.32 Å². The summed E-state index contributed by atoms with van der Waals surface area (Å²) < 4.78 is 0.973. The molecule has 2 aromatic rings. The first-order chi connectivity index (χ1) is 13.4. The summed E-state index contributed by atoms with van der Waals surface area (Å²) in [7, 11) is 0. The molecule has 2 amide bonds. The molecular weight excluding hydrogens is 460 g/mol. The van der Waals surface area contributed by atoms with Crippen LogP contribution in [-0.4, -0.2) is 35.1 Å². The van der Waals surface area contributed by atoms with Gasteiger partial charge >= 0.3 is 0 Å². The molecule has 0 unspecified atom stereocenters. The van der Waals surface area contributed by atoms with Gasteiger partial charge in [-0.1, -0.05) is 57.9 Å². The van der Waals surface area contributed by atoms with Crippen LogP contribution in [0.25, 0.3) is 0 Å². The van der Waals surface area contributed by atoms with Crippen LogP contribution in [0.4, 0.5) is 0 Å². The van der Waals surface area contributed by atoms with Crippen LogP contribution >= 0.6 is 39.3 Å². The number of hydrogen-bond acceptors (Lipinski definition) is 3. The number of benzene rings is 2. The predicted molar refractivity (Wildman–Crippen MR) is 120 cm³/mol. The summed E-state index contributed by atoms with van der Waals surface area (Å²) in [5.41, 5.74) is 1.97. The lowest BCUT2D eigenvalue weighted by molar-refractivity contribution is -0.138. The largest absolute Gasteiger partial charge is 0.355 e. The molecule has 0 fully saturated rings. The fourth-order valence-electron chi connectivity index (χ4n) is 2.64. The van der Waals surface area contributed by atoms with Crippen molar-refractivity contribution < 1.29 is 9.59 Å². The van der Waals surface area contributed by atoms with Crippen molar-refractivity contribution in [1.82, 2.24) is 10.2 Å². The topological polar surface area (TPSA) is 49.4 Å². The van der Waals surface area contributed by atoms with Crippen LogP contribution in [0.1, 0.15) is 25.0 Å². The average Bonchev–Trinajstić information content (AvgIpc) is 2.68. The fourth-order valence-corrected chi connectivity index (χ4v) is 4.10. The summed E-state index contributed by atoms with van der Waals surface area (Å²) >= 11 is 11.1. The number of thioether (sulfide) groups is 1. The Balaban J connectivity index is 2.05. The Kier molecular flexibility index (Phi) is 9.35. The van der Waals surface area contributed by atoms with Crippen molar-refractivity contribution >= 4 is 51.1 Å². The molecule has 28 heavy (non-hydrogen) atoms. The summed E-state index contributed by atoms with van der Waals surface area (Å²) in [6.07, 6.45) is 0. The van der Waals surface area contributed by atoms with Crippen LogP contribution in [0.5, 0.6) is 0 Å². The molecule has 2 rings (SSSR count). The lowest BCUT2D eigenvalue weighted by Gasteiger charge is -2.28. The molecule has 0 bridgehead atoms. The summed E-state index contributed by atoms with van der Waals surface area (Å²) in [4.78, 5) is 26.9. The predicted octanol–water partition coefficient (Wildman–Crippen LogP) is 4.89. The van der Waals surface area contributed by atoms with E-state index in [2.05, 4.69) is 21.2 Å². The lowest BCUT2D eigenvalue weighted by Crippen LogP contribution is -2.48. The van der Waals surface area contributed by atoms with E-state index in [1.807, 2.05) is 55.5 Å². The van der Waals surface area contributed by atoms with Crippen LogP contribution in [0.2, 0.25) is 5.02 Å². The van der Waals surface area contributed by atoms with E-state index in [1.54, 1.807) is 11.8 Å². The zero-order valence-corrected chi connectivity index (χ0v) is 19.1. The van der Waals surface area contributed by atoms with Gasteiger partial charge in [-0.3, -0.25) is 9.59 Å². The van der Waals surface area contributed by atoms with Crippen molar-refractivity contribution in [2.24, 2.45) is 0 Å². The van der Waals surface area contributed by atoms with Crippen molar-refractivity contribution in [2.45, 2.75) is 32.2 Å². The number of amides is 2. The van der Waals surface area contributed by atoms with Gasteiger partial charge in [0.25, 0.3) is 0 Å². The fraction of sp³-hybridized carbons (Fsp3) is 0.333. The maximum atomic E-state index is 12.9. The number of likely N-dealkylation sites (N-methyl/N-ethyl adjacent to an activating group) is 1. The second-order valence-electron chi connectivity index (χ2n) is 6.30. The second kappa shape index (κ2) is 11.5. The highest BCUT2D eigenvalue weighted by molar-refractivity contribution is 9.10. The van der Waals surface area contributed by atoms with Crippen molar-refractivity contribution in [2.75, 3.05) is 12.3 Å². The number of carbonyl (C=O) groups is 2. The van der Waals surface area contributed by atoms with Gasteiger partial charge in [-0.2, -0.15) is 0 Å². The normalized spacial score (nSPS) is 11.7. The molecule has 1 atom stereocenters. The van der Waals surface area contributed by atoms with E-state index >= 15 is 0 Å². The molecule has 0 aliphatic carbocycles. The minimum atomic E-state index is -0.544. The maximum Gasteiger partial charge on any atom is 0.242 e. The first-order valence-electron chi connectivity index (χ1n) is 9.05. The Labute approximate surface area is 184 Å². The van der Waals surface area contributed by atoms with E-state index in [-0.39, 0.29) is 17.6 Å². The number of rotatable bonds is 9. The average molecular weight is 484 g/mol. The van der Waals surface area contributed by atoms with E-state index in [1.165, 1.54) is 11.8 Å². The molecule has 7 heteroatoms. The number of nitrogens with zero attached hydrogens (tertiary/aromatic N) is 1. The van der Waals surface area contributed by atoms with E-state index in [0.717, 1.165) is 15.6 Å². The molecule has 0 aliphatic rings. The highest BCUT2D eigenvalue weighted by Gasteiger charge is 2.25. The minimum absolute atomic E-state index is 0.0706. The molecular formula is C21H24BrClN2O2S. The van der Waals surface area contributed by atoms with Gasteiger partial charge < -0.3 is 10.2 Å². The monoisotopic (exact) mass is 482 g/mol. The van der Waals surface area contributed by atoms with Gasteiger partial charge in [-0.25, -0.2) is 0 Å². The highest BCUT2D eigenvalue weighted by Crippen LogP contribution is 2.22. The standard InChI is InChI=1S/C21H24BrClN2O2S/c1-3-24-21(27)15(2)25(12-16-8-10-18(22)11-9-16)20(26)14-28-13-17-6-4-5-7-19(17)23/h4-11,15H,3,12-14H2,1-2H3,(H,24,27)/t15-/m1/s1. The van der Waals surface area contributed by atoms with Crippen molar-refractivity contribution in [3.8, 4) is 0 Å². The molecule has 0 aliphatic heterocycles. The zero-order valence-electron chi connectivity index (χ0n) is 16.0. The van der Waals surface area contributed by atoms with Gasteiger partial charge in [-0.05, 0) is 43.2 Å². The number of nitrogens with one attached hydrogen (secondary N) is 1. The Morgan fingerprint density at radius 3 is 2.50 bits per heavy atom. The molecule has 2 aromatic carbocycles. The van der Waals surface area contributed by atoms with Crippen LogP contribution in [-0.2, 0) is 21.9 Å². The molecule has 1 N–H and O–H groups in total. The molecule has 4 nitrogen and oxygen atoms in total. The zero-order chi connectivity index (χ0) is 20.5.